The van der Waals surface area contributed by atoms with Gasteiger partial charge >= 0.3 is 5.97 Å². The van der Waals surface area contributed by atoms with E-state index < -0.39 is 29.5 Å². The quantitative estimate of drug-likeness (QED) is 0.240. The van der Waals surface area contributed by atoms with Crippen LogP contribution in [0.5, 0.6) is 11.5 Å². The zero-order valence-electron chi connectivity index (χ0n) is 24.5. The summed E-state index contributed by atoms with van der Waals surface area (Å²) in [7, 11) is 3.03. The third-order valence-electron chi connectivity index (χ3n) is 7.11. The number of ether oxygens (including phenoxy) is 3. The van der Waals surface area contributed by atoms with E-state index in [0.717, 1.165) is 4.88 Å². The van der Waals surface area contributed by atoms with Crippen molar-refractivity contribution in [2.75, 3.05) is 32.3 Å². The molecule has 12 heteroatoms. The largest absolute Gasteiger partial charge is 0.493 e. The molecule has 230 valence electrons. The average Bonchev–Trinajstić information content (AvgIpc) is 3.42. The number of carbonyl (C=O) groups is 3. The van der Waals surface area contributed by atoms with Gasteiger partial charge in [0.15, 0.2) is 22.3 Å². The van der Waals surface area contributed by atoms with Gasteiger partial charge in [0.05, 0.1) is 14.2 Å². The van der Waals surface area contributed by atoms with Crippen LogP contribution in [0.4, 0.5) is 5.69 Å². The van der Waals surface area contributed by atoms with Gasteiger partial charge in [0.25, 0.3) is 5.91 Å². The summed E-state index contributed by atoms with van der Waals surface area (Å²) >= 11 is 7.65. The summed E-state index contributed by atoms with van der Waals surface area (Å²) < 4.78 is 17.8. The predicted molar refractivity (Wildman–Crippen MR) is 163 cm³/mol. The zero-order valence-corrected chi connectivity index (χ0v) is 26.0. The third-order valence-corrected chi connectivity index (χ3v) is 8.44. The second kappa shape index (κ2) is 13.9. The number of aromatic nitrogens is 1. The number of aliphatic carboxylic acids is 1. The van der Waals surface area contributed by atoms with E-state index in [0.29, 0.717) is 46.2 Å². The minimum absolute atomic E-state index is 0.0192. The number of aliphatic hydroxyl groups excluding tert-OH is 1. The van der Waals surface area contributed by atoms with Crippen molar-refractivity contribution in [3.05, 3.63) is 68.6 Å². The molecule has 2 aromatic carbocycles. The number of Topliss-reactive ketones (excluding diaryl/α,β-unsaturated/α-hetero) is 1. The number of anilines is 1. The van der Waals surface area contributed by atoms with Crippen molar-refractivity contribution in [1.29, 1.82) is 0 Å². The first-order valence-corrected chi connectivity index (χ1v) is 14.9. The van der Waals surface area contributed by atoms with Gasteiger partial charge in [-0.3, -0.25) is 14.4 Å². The number of carbonyl (C=O) groups excluding carboxylic acids is 2. The van der Waals surface area contributed by atoms with E-state index in [1.807, 2.05) is 13.8 Å². The van der Waals surface area contributed by atoms with E-state index in [9.17, 15) is 19.5 Å². The molecule has 0 aliphatic carbocycles. The number of benzene rings is 2. The summed E-state index contributed by atoms with van der Waals surface area (Å²) in [4.78, 5) is 45.2. The molecule has 0 unspecified atom stereocenters. The molecule has 0 spiro atoms. The van der Waals surface area contributed by atoms with Crippen molar-refractivity contribution in [2.45, 2.75) is 51.7 Å². The number of rotatable bonds is 13. The maximum absolute atomic E-state index is 14.2. The molecule has 1 aromatic heterocycles. The number of hydrogen-bond donors (Lipinski definition) is 2. The maximum atomic E-state index is 14.2. The molecule has 0 bridgehead atoms. The fourth-order valence-electron chi connectivity index (χ4n) is 4.93. The first kappa shape index (κ1) is 32.4. The van der Waals surface area contributed by atoms with E-state index >= 15 is 0 Å². The van der Waals surface area contributed by atoms with E-state index in [2.05, 4.69) is 4.98 Å². The highest BCUT2D eigenvalue weighted by atomic mass is 35.5. The number of aryl methyl sites for hydroxylation is 1. The molecule has 2 atom stereocenters. The van der Waals surface area contributed by atoms with Gasteiger partial charge in [-0.15, -0.1) is 11.3 Å². The smallest absolute Gasteiger partial charge is 0.303 e. The number of aliphatic hydroxyl groups is 1. The number of para-hydroxylation sites is 1. The molecule has 1 aliphatic rings. The van der Waals surface area contributed by atoms with Crippen molar-refractivity contribution in [1.82, 2.24) is 4.98 Å². The minimum Gasteiger partial charge on any atom is -0.493 e. The number of amides is 1. The summed E-state index contributed by atoms with van der Waals surface area (Å²) in [5.74, 6) is -0.834. The predicted octanol–water partition coefficient (Wildman–Crippen LogP) is 5.33. The number of ketones is 1. The van der Waals surface area contributed by atoms with Crippen LogP contribution in [0.1, 0.15) is 65.0 Å². The van der Waals surface area contributed by atoms with Crippen molar-refractivity contribution >= 4 is 46.3 Å². The molecule has 1 aliphatic heterocycles. The van der Waals surface area contributed by atoms with Gasteiger partial charge in [-0.25, -0.2) is 4.98 Å². The summed E-state index contributed by atoms with van der Waals surface area (Å²) in [5.41, 5.74) is 1.03. The van der Waals surface area contributed by atoms with E-state index in [1.165, 1.54) is 25.6 Å². The number of carboxylic acid groups (broad SMARTS) is 1. The standard InChI is InChI=1S/C31H35ClN2O8S/c1-31(2,17-35)16-34-22-12-11-18(32)13-21(22)27(20-8-6-9-24(40-3)28(20)41-4)42-25(30(34)39)14-23(36)29-33-15-19(43-29)7-5-10-26(37)38/h6,8-9,11-13,15,25,27,35H,5,7,10,14,16-17H2,1-4H3,(H,37,38)/t25-,27-/m1/s1. The van der Waals surface area contributed by atoms with Gasteiger partial charge in [0.2, 0.25) is 0 Å². The first-order valence-electron chi connectivity index (χ1n) is 13.8. The van der Waals surface area contributed by atoms with Gasteiger partial charge in [-0.1, -0.05) is 37.6 Å². The Morgan fingerprint density at radius 3 is 2.60 bits per heavy atom. The van der Waals surface area contributed by atoms with Gasteiger partial charge < -0.3 is 29.3 Å². The van der Waals surface area contributed by atoms with E-state index in [1.54, 1.807) is 47.5 Å². The van der Waals surface area contributed by atoms with Crippen LogP contribution in [0.15, 0.2) is 42.6 Å². The monoisotopic (exact) mass is 630 g/mol. The van der Waals surface area contributed by atoms with E-state index in [-0.39, 0.29) is 36.8 Å². The van der Waals surface area contributed by atoms with Gasteiger partial charge in [0, 0.05) is 64.3 Å². The molecule has 0 saturated carbocycles. The Balaban J connectivity index is 1.77. The molecule has 3 aromatic rings. The van der Waals surface area contributed by atoms with Crippen LogP contribution in [0.2, 0.25) is 5.02 Å². The van der Waals surface area contributed by atoms with Crippen LogP contribution in [-0.4, -0.2) is 66.3 Å². The summed E-state index contributed by atoms with van der Waals surface area (Å²) in [6, 6.07) is 10.5. The third kappa shape index (κ3) is 7.53. The second-order valence-corrected chi connectivity index (χ2v) is 12.6. The Labute approximate surface area is 259 Å². The van der Waals surface area contributed by atoms with Crippen LogP contribution in [-0.2, 0) is 20.7 Å². The fourth-order valence-corrected chi connectivity index (χ4v) is 6.01. The average molecular weight is 631 g/mol. The Morgan fingerprint density at radius 2 is 1.93 bits per heavy atom. The zero-order chi connectivity index (χ0) is 31.3. The Morgan fingerprint density at radius 1 is 1.16 bits per heavy atom. The van der Waals surface area contributed by atoms with Gasteiger partial charge in [-0.05, 0) is 37.1 Å². The number of carboxylic acids is 1. The fraction of sp³-hybridized carbons (Fsp3) is 0.419. The lowest BCUT2D eigenvalue weighted by Crippen LogP contribution is -2.45. The summed E-state index contributed by atoms with van der Waals surface area (Å²) in [5, 5.41) is 19.6. The maximum Gasteiger partial charge on any atom is 0.303 e. The lowest BCUT2D eigenvalue weighted by molar-refractivity contribution is -0.137. The van der Waals surface area contributed by atoms with Crippen LogP contribution < -0.4 is 14.4 Å². The number of thiazole rings is 1. The molecule has 10 nitrogen and oxygen atoms in total. The molecule has 2 N–H and O–H groups in total. The number of methoxy groups -OCH3 is 2. The number of halogens is 1. The molecule has 43 heavy (non-hydrogen) atoms. The molecule has 0 radical (unpaired) electrons. The molecular weight excluding hydrogens is 596 g/mol. The molecule has 2 heterocycles. The van der Waals surface area contributed by atoms with Crippen molar-refractivity contribution in [2.24, 2.45) is 5.41 Å². The highest BCUT2D eigenvalue weighted by Crippen LogP contribution is 2.45. The Hall–Kier alpha value is -3.51. The van der Waals surface area contributed by atoms with Crippen molar-refractivity contribution in [3.63, 3.8) is 0 Å². The molecule has 0 saturated heterocycles. The topological polar surface area (TPSA) is 135 Å². The minimum atomic E-state index is -1.21. The highest BCUT2D eigenvalue weighted by Gasteiger charge is 2.41. The number of nitrogens with zero attached hydrogens (tertiary/aromatic N) is 2. The Bertz CT molecular complexity index is 1490. The number of fused-ring (bicyclic) bond motifs is 1. The normalized spacial score (nSPS) is 16.9. The summed E-state index contributed by atoms with van der Waals surface area (Å²) in [6.07, 6.45) is 0.114. The summed E-state index contributed by atoms with van der Waals surface area (Å²) in [6.45, 7) is 3.65. The lowest BCUT2D eigenvalue weighted by atomic mass is 9.92. The van der Waals surface area contributed by atoms with Crippen LogP contribution in [0.25, 0.3) is 0 Å². The second-order valence-electron chi connectivity index (χ2n) is 11.0. The number of hydrogen-bond acceptors (Lipinski definition) is 9. The highest BCUT2D eigenvalue weighted by molar-refractivity contribution is 7.13. The van der Waals surface area contributed by atoms with Crippen molar-refractivity contribution < 1.29 is 38.8 Å². The van der Waals surface area contributed by atoms with Gasteiger partial charge in [-0.2, -0.15) is 0 Å². The molecule has 1 amide bonds. The first-order chi connectivity index (χ1) is 20.5. The van der Waals surface area contributed by atoms with Crippen molar-refractivity contribution in [3.8, 4) is 11.5 Å². The molecule has 4 rings (SSSR count). The van der Waals surface area contributed by atoms with E-state index in [4.69, 9.17) is 30.9 Å². The van der Waals surface area contributed by atoms with Crippen LogP contribution in [0, 0.1) is 5.41 Å². The Kier molecular flexibility index (Phi) is 10.4. The molecular formula is C31H35ClN2O8S. The van der Waals surface area contributed by atoms with Crippen LogP contribution >= 0.6 is 22.9 Å². The van der Waals surface area contributed by atoms with Gasteiger partial charge in [0.1, 0.15) is 12.2 Å². The van der Waals surface area contributed by atoms with Crippen LogP contribution in [0.3, 0.4) is 0 Å². The lowest BCUT2D eigenvalue weighted by Gasteiger charge is -2.32. The molecule has 0 fully saturated rings. The SMILES string of the molecule is COc1cccc([C@H]2O[C@H](CC(=O)c3ncc(CCCC(=O)O)s3)C(=O)N(CC(C)(C)CO)c3ccc(Cl)cc32)c1OC.